The first-order valence-corrected chi connectivity index (χ1v) is 9.83. The number of methoxy groups -OCH3 is 1. The Morgan fingerprint density at radius 1 is 1.00 bits per heavy atom. The lowest BCUT2D eigenvalue weighted by Crippen LogP contribution is -2.30. The number of rotatable bonds is 7. The van der Waals surface area contributed by atoms with Gasteiger partial charge in [0.1, 0.15) is 0 Å². The van der Waals surface area contributed by atoms with Crippen molar-refractivity contribution < 1.29 is 23.5 Å². The van der Waals surface area contributed by atoms with Gasteiger partial charge in [-0.1, -0.05) is 28.1 Å². The molecular weight excluding hydrogens is 452 g/mol. The maximum Gasteiger partial charge on any atom is 0.307 e. The van der Waals surface area contributed by atoms with Gasteiger partial charge in [0, 0.05) is 15.7 Å². The number of benzene rings is 2. The molecule has 2 amide bonds. The first-order valence-electron chi connectivity index (χ1n) is 9.04. The van der Waals surface area contributed by atoms with Crippen molar-refractivity contribution in [3.63, 3.8) is 0 Å². The van der Waals surface area contributed by atoms with Crippen molar-refractivity contribution in [3.05, 3.63) is 88.3 Å². The average molecular weight is 471 g/mol. The number of esters is 1. The summed E-state index contributed by atoms with van der Waals surface area (Å²) in [6.45, 7) is 0. The molecule has 0 saturated heterocycles. The van der Waals surface area contributed by atoms with E-state index >= 15 is 0 Å². The summed E-state index contributed by atoms with van der Waals surface area (Å²) in [7, 11) is 1.30. The van der Waals surface area contributed by atoms with Crippen molar-refractivity contribution in [2.24, 2.45) is 0 Å². The second kappa shape index (κ2) is 9.89. The van der Waals surface area contributed by atoms with Gasteiger partial charge >= 0.3 is 5.97 Å². The molecule has 0 bridgehead atoms. The fraction of sp³-hybridized carbons (Fsp3) is 0.136. The number of hydrogen-bond donors (Lipinski definition) is 2. The third-order valence-electron chi connectivity index (χ3n) is 4.33. The number of furan rings is 1. The lowest BCUT2D eigenvalue weighted by molar-refractivity contribution is -0.141. The summed E-state index contributed by atoms with van der Waals surface area (Å²) in [4.78, 5) is 36.5. The van der Waals surface area contributed by atoms with Gasteiger partial charge in [0.15, 0.2) is 5.76 Å². The van der Waals surface area contributed by atoms with E-state index in [1.54, 1.807) is 36.4 Å². The van der Waals surface area contributed by atoms with Gasteiger partial charge in [-0.3, -0.25) is 14.4 Å². The second-order valence-electron chi connectivity index (χ2n) is 6.37. The predicted octanol–water partition coefficient (Wildman–Crippen LogP) is 4.33. The Labute approximate surface area is 181 Å². The highest BCUT2D eigenvalue weighted by Crippen LogP contribution is 2.21. The van der Waals surface area contributed by atoms with E-state index in [9.17, 15) is 14.4 Å². The van der Waals surface area contributed by atoms with E-state index in [1.165, 1.54) is 13.4 Å². The van der Waals surface area contributed by atoms with E-state index in [-0.39, 0.29) is 24.0 Å². The molecule has 1 heterocycles. The van der Waals surface area contributed by atoms with Gasteiger partial charge in [0.05, 0.1) is 25.8 Å². The molecule has 0 radical (unpaired) electrons. The summed E-state index contributed by atoms with van der Waals surface area (Å²) in [6, 6.07) is 16.4. The van der Waals surface area contributed by atoms with E-state index in [0.29, 0.717) is 11.3 Å². The second-order valence-corrected chi connectivity index (χ2v) is 7.28. The molecule has 3 aromatic rings. The molecule has 0 fully saturated rings. The Kier molecular flexibility index (Phi) is 7.03. The van der Waals surface area contributed by atoms with Crippen LogP contribution in [0.15, 0.2) is 75.8 Å². The zero-order chi connectivity index (χ0) is 21.5. The standard InChI is InChI=1S/C22H19BrN2O5/c1-29-20(26)13-18(14-4-8-16(23)9-5-14)25-21(27)15-6-10-17(11-7-15)24-22(28)19-3-2-12-30-19/h2-12,18H,13H2,1H3,(H,24,28)(H,25,27). The van der Waals surface area contributed by atoms with Gasteiger partial charge < -0.3 is 19.8 Å². The van der Waals surface area contributed by atoms with Crippen LogP contribution in [0.5, 0.6) is 0 Å². The van der Waals surface area contributed by atoms with Crippen LogP contribution in [0.1, 0.15) is 38.9 Å². The van der Waals surface area contributed by atoms with Crippen LogP contribution < -0.4 is 10.6 Å². The molecule has 0 aliphatic carbocycles. The summed E-state index contributed by atoms with van der Waals surface area (Å²) in [5.74, 6) is -0.975. The normalized spacial score (nSPS) is 11.4. The smallest absolute Gasteiger partial charge is 0.307 e. The van der Waals surface area contributed by atoms with E-state index in [0.717, 1.165) is 10.0 Å². The van der Waals surface area contributed by atoms with Gasteiger partial charge in [0.25, 0.3) is 11.8 Å². The van der Waals surface area contributed by atoms with Crippen LogP contribution in [0.3, 0.4) is 0 Å². The number of nitrogens with one attached hydrogen (secondary N) is 2. The fourth-order valence-electron chi connectivity index (χ4n) is 2.74. The number of carbonyl (C=O) groups is 3. The van der Waals surface area contributed by atoms with Gasteiger partial charge in [-0.05, 0) is 54.1 Å². The third-order valence-corrected chi connectivity index (χ3v) is 4.85. The zero-order valence-corrected chi connectivity index (χ0v) is 17.6. The molecule has 0 aliphatic heterocycles. The van der Waals surface area contributed by atoms with Crippen molar-refractivity contribution in [2.45, 2.75) is 12.5 Å². The Morgan fingerprint density at radius 2 is 1.70 bits per heavy atom. The predicted molar refractivity (Wildman–Crippen MR) is 114 cm³/mol. The summed E-state index contributed by atoms with van der Waals surface area (Å²) in [5.41, 5.74) is 1.68. The molecule has 1 aromatic heterocycles. The Hall–Kier alpha value is -3.39. The minimum Gasteiger partial charge on any atom is -0.469 e. The van der Waals surface area contributed by atoms with Crippen molar-refractivity contribution in [3.8, 4) is 0 Å². The number of halogens is 1. The zero-order valence-electron chi connectivity index (χ0n) is 16.1. The number of amides is 2. The van der Waals surface area contributed by atoms with Gasteiger partial charge in [-0.2, -0.15) is 0 Å². The van der Waals surface area contributed by atoms with Crippen LogP contribution >= 0.6 is 15.9 Å². The van der Waals surface area contributed by atoms with E-state index in [2.05, 4.69) is 26.6 Å². The monoisotopic (exact) mass is 470 g/mol. The Bertz CT molecular complexity index is 1010. The molecule has 7 nitrogen and oxygen atoms in total. The number of hydrogen-bond acceptors (Lipinski definition) is 5. The summed E-state index contributed by atoms with van der Waals surface area (Å²) in [5, 5.41) is 5.55. The summed E-state index contributed by atoms with van der Waals surface area (Å²) < 4.78 is 10.7. The minimum absolute atomic E-state index is 0.00115. The summed E-state index contributed by atoms with van der Waals surface area (Å²) >= 11 is 3.37. The molecule has 3 rings (SSSR count). The molecule has 2 aromatic carbocycles. The molecule has 1 atom stereocenters. The fourth-order valence-corrected chi connectivity index (χ4v) is 3.01. The van der Waals surface area contributed by atoms with E-state index < -0.39 is 12.0 Å². The topological polar surface area (TPSA) is 97.6 Å². The molecule has 8 heteroatoms. The molecule has 0 spiro atoms. The largest absolute Gasteiger partial charge is 0.469 e. The van der Waals surface area contributed by atoms with Crippen LogP contribution in [0.25, 0.3) is 0 Å². The van der Waals surface area contributed by atoms with E-state index in [4.69, 9.17) is 9.15 Å². The van der Waals surface area contributed by atoms with Crippen LogP contribution in [0, 0.1) is 0 Å². The Morgan fingerprint density at radius 3 is 2.30 bits per heavy atom. The van der Waals surface area contributed by atoms with Crippen LogP contribution in [-0.4, -0.2) is 24.9 Å². The van der Waals surface area contributed by atoms with Crippen molar-refractivity contribution >= 4 is 39.4 Å². The van der Waals surface area contributed by atoms with E-state index in [1.807, 2.05) is 24.3 Å². The molecule has 0 aliphatic rings. The molecular formula is C22H19BrN2O5. The molecule has 30 heavy (non-hydrogen) atoms. The summed E-state index contributed by atoms with van der Waals surface area (Å²) in [6.07, 6.45) is 1.42. The lowest BCUT2D eigenvalue weighted by Gasteiger charge is -2.18. The quantitative estimate of drug-likeness (QED) is 0.500. The highest BCUT2D eigenvalue weighted by Gasteiger charge is 2.20. The molecule has 1 unspecified atom stereocenters. The first-order chi connectivity index (χ1) is 14.5. The Balaban J connectivity index is 1.69. The number of ether oxygens (including phenoxy) is 1. The van der Waals surface area contributed by atoms with Crippen molar-refractivity contribution in [2.75, 3.05) is 12.4 Å². The van der Waals surface area contributed by atoms with Crippen LogP contribution in [0.2, 0.25) is 0 Å². The maximum atomic E-state index is 12.7. The first kappa shape index (κ1) is 21.3. The highest BCUT2D eigenvalue weighted by molar-refractivity contribution is 9.10. The van der Waals surface area contributed by atoms with Crippen LogP contribution in [-0.2, 0) is 9.53 Å². The molecule has 154 valence electrons. The lowest BCUT2D eigenvalue weighted by atomic mass is 10.0. The molecule has 2 N–H and O–H groups in total. The van der Waals surface area contributed by atoms with Gasteiger partial charge in [-0.25, -0.2) is 0 Å². The van der Waals surface area contributed by atoms with Crippen molar-refractivity contribution in [1.82, 2.24) is 5.32 Å². The SMILES string of the molecule is COC(=O)CC(NC(=O)c1ccc(NC(=O)c2ccco2)cc1)c1ccc(Br)cc1. The third kappa shape index (κ3) is 5.57. The highest BCUT2D eigenvalue weighted by atomic mass is 79.9. The van der Waals surface area contributed by atoms with Crippen molar-refractivity contribution in [1.29, 1.82) is 0 Å². The number of carbonyl (C=O) groups excluding carboxylic acids is 3. The van der Waals surface area contributed by atoms with Gasteiger partial charge in [-0.15, -0.1) is 0 Å². The van der Waals surface area contributed by atoms with Gasteiger partial charge in [0.2, 0.25) is 0 Å². The minimum atomic E-state index is -0.545. The number of anilines is 1. The average Bonchev–Trinajstić information content (AvgIpc) is 3.29. The molecule has 0 saturated carbocycles. The van der Waals surface area contributed by atoms with Crippen LogP contribution in [0.4, 0.5) is 5.69 Å². The maximum absolute atomic E-state index is 12.7.